The number of carbonyl (C=O) groups excluding carboxylic acids is 2. The number of aryl methyl sites for hydroxylation is 1. The van der Waals surface area contributed by atoms with E-state index in [0.717, 1.165) is 24.1 Å². The quantitative estimate of drug-likeness (QED) is 0.767. The fourth-order valence-electron chi connectivity index (χ4n) is 2.44. The summed E-state index contributed by atoms with van der Waals surface area (Å²) in [7, 11) is 0. The summed E-state index contributed by atoms with van der Waals surface area (Å²) in [5.74, 6) is 0.819. The van der Waals surface area contributed by atoms with E-state index in [2.05, 4.69) is 15.7 Å². The maximum absolute atomic E-state index is 12.0. The monoisotopic (exact) mass is 326 g/mol. The second-order valence-electron chi connectivity index (χ2n) is 6.16. The molecule has 6 heteroatoms. The predicted molar refractivity (Wildman–Crippen MR) is 91.9 cm³/mol. The number of aromatic nitrogens is 2. The highest BCUT2D eigenvalue weighted by atomic mass is 16.2. The molecule has 0 spiro atoms. The van der Waals surface area contributed by atoms with E-state index in [1.54, 1.807) is 4.68 Å². The Bertz CT molecular complexity index is 720. The number of anilines is 1. The number of carbonyl (C=O) groups is 2. The molecule has 1 heterocycles. The van der Waals surface area contributed by atoms with Crippen LogP contribution in [0.4, 0.5) is 5.82 Å². The van der Waals surface area contributed by atoms with Gasteiger partial charge in [0.15, 0.2) is 5.82 Å². The van der Waals surface area contributed by atoms with Crippen molar-refractivity contribution in [2.45, 2.75) is 32.6 Å². The smallest absolute Gasteiger partial charge is 0.225 e. The van der Waals surface area contributed by atoms with E-state index < -0.39 is 0 Å². The molecule has 2 aromatic rings. The van der Waals surface area contributed by atoms with Gasteiger partial charge in [0.2, 0.25) is 11.8 Å². The van der Waals surface area contributed by atoms with Crippen LogP contribution < -0.4 is 10.6 Å². The van der Waals surface area contributed by atoms with Crippen LogP contribution in [0.2, 0.25) is 0 Å². The number of hydrogen-bond donors (Lipinski definition) is 2. The Morgan fingerprint density at radius 2 is 2.00 bits per heavy atom. The summed E-state index contributed by atoms with van der Waals surface area (Å²) in [6.07, 6.45) is 4.87. The van der Waals surface area contributed by atoms with Gasteiger partial charge in [-0.3, -0.25) is 9.59 Å². The molecule has 0 aliphatic heterocycles. The molecule has 0 radical (unpaired) electrons. The first-order chi connectivity index (χ1) is 11.6. The summed E-state index contributed by atoms with van der Waals surface area (Å²) in [6, 6.07) is 9.76. The van der Waals surface area contributed by atoms with E-state index in [-0.39, 0.29) is 17.7 Å². The summed E-state index contributed by atoms with van der Waals surface area (Å²) < 4.78 is 1.75. The van der Waals surface area contributed by atoms with Crippen molar-refractivity contribution in [3.63, 3.8) is 0 Å². The van der Waals surface area contributed by atoms with Crippen molar-refractivity contribution in [2.75, 3.05) is 11.9 Å². The molecule has 3 rings (SSSR count). The third-order valence-electron chi connectivity index (χ3n) is 4.00. The third-order valence-corrected chi connectivity index (χ3v) is 4.00. The van der Waals surface area contributed by atoms with Crippen LogP contribution in [0.15, 0.2) is 36.5 Å². The Kier molecular flexibility index (Phi) is 4.93. The lowest BCUT2D eigenvalue weighted by Gasteiger charge is -2.05. The molecule has 1 aliphatic rings. The van der Waals surface area contributed by atoms with Crippen molar-refractivity contribution in [3.8, 4) is 5.69 Å². The Hall–Kier alpha value is -2.63. The number of benzene rings is 1. The van der Waals surface area contributed by atoms with Crippen molar-refractivity contribution in [3.05, 3.63) is 42.1 Å². The second-order valence-corrected chi connectivity index (χ2v) is 6.16. The van der Waals surface area contributed by atoms with Gasteiger partial charge in [-0.1, -0.05) is 18.2 Å². The maximum atomic E-state index is 12.0. The Morgan fingerprint density at radius 1 is 1.25 bits per heavy atom. The molecule has 6 nitrogen and oxygen atoms in total. The number of nitrogens with zero attached hydrogens (tertiary/aromatic N) is 2. The molecular weight excluding hydrogens is 304 g/mol. The first-order valence-electron chi connectivity index (χ1n) is 8.33. The number of nitrogens with one attached hydrogen (secondary N) is 2. The molecule has 126 valence electrons. The highest BCUT2D eigenvalue weighted by Gasteiger charge is 2.28. The van der Waals surface area contributed by atoms with Gasteiger partial charge >= 0.3 is 0 Å². The standard InChI is InChI=1S/C18H22N4O2/c1-13-12-22(15-6-3-2-4-7-15)21-17(13)20-16(23)8-5-11-19-18(24)14-9-10-14/h2-4,6-7,12,14H,5,8-11H2,1H3,(H,19,24)(H,20,21,23). The highest BCUT2D eigenvalue weighted by Crippen LogP contribution is 2.28. The van der Waals surface area contributed by atoms with E-state index in [4.69, 9.17) is 0 Å². The molecule has 0 bridgehead atoms. The largest absolute Gasteiger partial charge is 0.356 e. The van der Waals surface area contributed by atoms with E-state index in [1.807, 2.05) is 43.5 Å². The summed E-state index contributed by atoms with van der Waals surface area (Å²) >= 11 is 0. The number of para-hydroxylation sites is 1. The van der Waals surface area contributed by atoms with Gasteiger partial charge in [0.25, 0.3) is 0 Å². The van der Waals surface area contributed by atoms with Gasteiger partial charge in [-0.05, 0) is 38.3 Å². The molecule has 1 aliphatic carbocycles. The fourth-order valence-corrected chi connectivity index (χ4v) is 2.44. The van der Waals surface area contributed by atoms with Gasteiger partial charge in [0, 0.05) is 30.6 Å². The van der Waals surface area contributed by atoms with Crippen molar-refractivity contribution in [2.24, 2.45) is 5.92 Å². The zero-order chi connectivity index (χ0) is 16.9. The van der Waals surface area contributed by atoms with E-state index >= 15 is 0 Å². The molecule has 24 heavy (non-hydrogen) atoms. The number of rotatable bonds is 7. The average molecular weight is 326 g/mol. The maximum Gasteiger partial charge on any atom is 0.225 e. The average Bonchev–Trinajstić information content (AvgIpc) is 3.37. The van der Waals surface area contributed by atoms with Gasteiger partial charge in [-0.15, -0.1) is 5.10 Å². The normalized spacial score (nSPS) is 13.5. The molecule has 0 saturated heterocycles. The zero-order valence-corrected chi connectivity index (χ0v) is 13.8. The first kappa shape index (κ1) is 16.2. The van der Waals surface area contributed by atoms with Gasteiger partial charge in [-0.2, -0.15) is 0 Å². The van der Waals surface area contributed by atoms with E-state index in [0.29, 0.717) is 25.2 Å². The Morgan fingerprint density at radius 3 is 2.71 bits per heavy atom. The summed E-state index contributed by atoms with van der Waals surface area (Å²) in [6.45, 7) is 2.46. The van der Waals surface area contributed by atoms with Crippen LogP contribution in [0.25, 0.3) is 5.69 Å². The molecule has 1 saturated carbocycles. The van der Waals surface area contributed by atoms with Crippen LogP contribution in [0.5, 0.6) is 0 Å². The first-order valence-corrected chi connectivity index (χ1v) is 8.33. The molecule has 1 aromatic heterocycles. The third kappa shape index (κ3) is 4.22. The van der Waals surface area contributed by atoms with Gasteiger partial charge in [-0.25, -0.2) is 4.68 Å². The van der Waals surface area contributed by atoms with Gasteiger partial charge in [0.1, 0.15) is 0 Å². The van der Waals surface area contributed by atoms with Crippen LogP contribution in [0.1, 0.15) is 31.2 Å². The van der Waals surface area contributed by atoms with Crippen LogP contribution in [-0.4, -0.2) is 28.1 Å². The highest BCUT2D eigenvalue weighted by molar-refractivity contribution is 5.90. The van der Waals surface area contributed by atoms with Crippen LogP contribution in [-0.2, 0) is 9.59 Å². The minimum atomic E-state index is -0.0860. The van der Waals surface area contributed by atoms with Crippen LogP contribution >= 0.6 is 0 Å². The van der Waals surface area contributed by atoms with E-state index in [9.17, 15) is 9.59 Å². The van der Waals surface area contributed by atoms with Crippen LogP contribution in [0.3, 0.4) is 0 Å². The SMILES string of the molecule is Cc1cn(-c2ccccc2)nc1NC(=O)CCCNC(=O)C1CC1. The molecule has 0 atom stereocenters. The Balaban J connectivity index is 1.47. The molecule has 0 unspecified atom stereocenters. The summed E-state index contributed by atoms with van der Waals surface area (Å²) in [4.78, 5) is 23.5. The van der Waals surface area contributed by atoms with Crippen molar-refractivity contribution >= 4 is 17.6 Å². The summed E-state index contributed by atoms with van der Waals surface area (Å²) in [5.41, 5.74) is 1.86. The lowest BCUT2D eigenvalue weighted by atomic mass is 10.2. The van der Waals surface area contributed by atoms with Gasteiger partial charge < -0.3 is 10.6 Å². The Labute approximate surface area is 141 Å². The molecule has 2 amide bonds. The fraction of sp³-hybridized carbons (Fsp3) is 0.389. The molecule has 1 fully saturated rings. The van der Waals surface area contributed by atoms with E-state index in [1.165, 1.54) is 0 Å². The second kappa shape index (κ2) is 7.29. The van der Waals surface area contributed by atoms with Crippen molar-refractivity contribution in [1.82, 2.24) is 15.1 Å². The number of hydrogen-bond acceptors (Lipinski definition) is 3. The molecule has 2 N–H and O–H groups in total. The van der Waals surface area contributed by atoms with Crippen LogP contribution in [0, 0.1) is 12.8 Å². The minimum absolute atomic E-state index is 0.0860. The molecule has 1 aromatic carbocycles. The van der Waals surface area contributed by atoms with Crippen molar-refractivity contribution in [1.29, 1.82) is 0 Å². The number of amides is 2. The lowest BCUT2D eigenvalue weighted by Crippen LogP contribution is -2.26. The van der Waals surface area contributed by atoms with Gasteiger partial charge in [0.05, 0.1) is 5.69 Å². The summed E-state index contributed by atoms with van der Waals surface area (Å²) in [5, 5.41) is 10.1. The lowest BCUT2D eigenvalue weighted by molar-refractivity contribution is -0.122. The predicted octanol–water partition coefficient (Wildman–Crippen LogP) is 2.43. The topological polar surface area (TPSA) is 76.0 Å². The zero-order valence-electron chi connectivity index (χ0n) is 13.8. The molecular formula is C18H22N4O2. The minimum Gasteiger partial charge on any atom is -0.356 e. The van der Waals surface area contributed by atoms with Crippen molar-refractivity contribution < 1.29 is 9.59 Å².